The molecule has 0 bridgehead atoms. The molecule has 2 aromatic rings. The Morgan fingerprint density at radius 2 is 1.90 bits per heavy atom. The molecule has 1 saturated heterocycles. The Balaban J connectivity index is 0.00000300. The molecule has 1 fully saturated rings. The topological polar surface area (TPSA) is 58.1 Å². The summed E-state index contributed by atoms with van der Waals surface area (Å²) in [6.45, 7) is 5.71. The number of ether oxygens (including phenoxy) is 2. The summed E-state index contributed by atoms with van der Waals surface area (Å²) in [6, 6.07) is 13.1. The van der Waals surface area contributed by atoms with Gasteiger partial charge >= 0.3 is 0 Å². The average Bonchev–Trinajstić information content (AvgIpc) is 3.27. The first-order valence-corrected chi connectivity index (χ1v) is 10.5. The van der Waals surface area contributed by atoms with E-state index in [4.69, 9.17) is 9.47 Å². The van der Waals surface area contributed by atoms with Crippen molar-refractivity contribution in [3.05, 3.63) is 57.8 Å². The van der Waals surface area contributed by atoms with Crippen LogP contribution in [0.3, 0.4) is 0 Å². The van der Waals surface area contributed by atoms with Crippen LogP contribution in [0.2, 0.25) is 0 Å². The number of benzene rings is 1. The first-order valence-electron chi connectivity index (χ1n) is 9.66. The number of hydrogen-bond acceptors (Lipinski definition) is 5. The van der Waals surface area contributed by atoms with Crippen LogP contribution in [0.1, 0.15) is 22.0 Å². The molecule has 1 aromatic heterocycles. The summed E-state index contributed by atoms with van der Waals surface area (Å²) < 4.78 is 10.7. The molecule has 2 heterocycles. The number of methoxy groups -OCH3 is 1. The first kappa shape index (κ1) is 24.1. The molecule has 0 radical (unpaired) electrons. The van der Waals surface area contributed by atoms with Gasteiger partial charge in [-0.15, -0.1) is 35.3 Å². The van der Waals surface area contributed by atoms with Gasteiger partial charge in [-0.1, -0.05) is 30.3 Å². The van der Waals surface area contributed by atoms with E-state index >= 15 is 0 Å². The molecule has 29 heavy (non-hydrogen) atoms. The van der Waals surface area contributed by atoms with E-state index in [1.165, 1.54) is 16.0 Å². The highest BCUT2D eigenvalue weighted by Crippen LogP contribution is 2.25. The molecule has 160 valence electrons. The molecule has 1 atom stereocenters. The van der Waals surface area contributed by atoms with Gasteiger partial charge in [0.15, 0.2) is 5.96 Å². The third-order valence-electron chi connectivity index (χ3n) is 4.84. The van der Waals surface area contributed by atoms with Gasteiger partial charge < -0.3 is 20.1 Å². The summed E-state index contributed by atoms with van der Waals surface area (Å²) in [4.78, 5) is 8.25. The van der Waals surface area contributed by atoms with Crippen molar-refractivity contribution in [3.63, 3.8) is 0 Å². The van der Waals surface area contributed by atoms with Gasteiger partial charge in [0.25, 0.3) is 0 Å². The van der Waals surface area contributed by atoms with Gasteiger partial charge in [-0.3, -0.25) is 9.89 Å². The highest BCUT2D eigenvalue weighted by molar-refractivity contribution is 14.0. The second-order valence-electron chi connectivity index (χ2n) is 6.74. The zero-order valence-electron chi connectivity index (χ0n) is 17.1. The van der Waals surface area contributed by atoms with Crippen molar-refractivity contribution >= 4 is 41.3 Å². The maximum Gasteiger partial charge on any atom is 0.191 e. The van der Waals surface area contributed by atoms with Crippen LogP contribution in [0.4, 0.5) is 0 Å². The van der Waals surface area contributed by atoms with E-state index < -0.39 is 0 Å². The minimum absolute atomic E-state index is 0. The molecule has 6 nitrogen and oxygen atoms in total. The number of morpholine rings is 1. The summed E-state index contributed by atoms with van der Waals surface area (Å²) in [7, 11) is 3.53. The monoisotopic (exact) mass is 530 g/mol. The van der Waals surface area contributed by atoms with E-state index in [2.05, 4.69) is 62.3 Å². The lowest BCUT2D eigenvalue weighted by atomic mass is 10.1. The summed E-state index contributed by atoms with van der Waals surface area (Å²) in [5, 5.41) is 9.05. The predicted octanol–water partition coefficient (Wildman–Crippen LogP) is 3.25. The Morgan fingerprint density at radius 3 is 2.52 bits per heavy atom. The number of hydrogen-bond donors (Lipinski definition) is 2. The van der Waals surface area contributed by atoms with Crippen LogP contribution in [0.5, 0.6) is 0 Å². The Hall–Kier alpha value is -1.20. The molecule has 0 amide bonds. The van der Waals surface area contributed by atoms with E-state index in [9.17, 15) is 0 Å². The lowest BCUT2D eigenvalue weighted by molar-refractivity contribution is 0.0177. The number of halogens is 1. The van der Waals surface area contributed by atoms with Crippen molar-refractivity contribution in [2.75, 3.05) is 47.0 Å². The molecule has 1 aromatic carbocycles. The van der Waals surface area contributed by atoms with Gasteiger partial charge in [0.1, 0.15) is 0 Å². The maximum absolute atomic E-state index is 5.52. The van der Waals surface area contributed by atoms with Crippen LogP contribution in [0, 0.1) is 0 Å². The van der Waals surface area contributed by atoms with E-state index in [0.29, 0.717) is 12.6 Å². The third kappa shape index (κ3) is 7.53. The normalized spacial score (nSPS) is 16.1. The number of guanidine groups is 1. The van der Waals surface area contributed by atoms with E-state index in [1.807, 2.05) is 7.05 Å². The number of aliphatic imine (C=N–C) groups is 1. The van der Waals surface area contributed by atoms with Gasteiger partial charge in [0.2, 0.25) is 0 Å². The standard InChI is InChI=1S/C21H30N4O2S.HI/c1-22-21(23-14-17-5-7-18(8-6-17)16-26-2)24-15-19(20-4-3-13-28-20)25-9-11-27-12-10-25;/h3-8,13,19H,9-12,14-16H2,1-2H3,(H2,22,23,24);1H. The van der Waals surface area contributed by atoms with Gasteiger partial charge in [-0.2, -0.15) is 0 Å². The molecule has 0 saturated carbocycles. The smallest absolute Gasteiger partial charge is 0.191 e. The van der Waals surface area contributed by atoms with E-state index in [0.717, 1.165) is 45.4 Å². The lowest BCUT2D eigenvalue weighted by Crippen LogP contribution is -2.46. The first-order chi connectivity index (χ1) is 13.8. The largest absolute Gasteiger partial charge is 0.380 e. The van der Waals surface area contributed by atoms with Gasteiger partial charge in [-0.05, 0) is 22.6 Å². The molecule has 0 spiro atoms. The molecule has 8 heteroatoms. The highest BCUT2D eigenvalue weighted by Gasteiger charge is 2.23. The van der Waals surface area contributed by atoms with E-state index in [-0.39, 0.29) is 24.0 Å². The van der Waals surface area contributed by atoms with Crippen molar-refractivity contribution in [1.82, 2.24) is 15.5 Å². The van der Waals surface area contributed by atoms with Crippen LogP contribution < -0.4 is 10.6 Å². The molecule has 2 N–H and O–H groups in total. The molecular formula is C21H31IN4O2S. The number of nitrogens with zero attached hydrogens (tertiary/aromatic N) is 2. The molecule has 0 aliphatic carbocycles. The van der Waals surface area contributed by atoms with Crippen molar-refractivity contribution in [1.29, 1.82) is 0 Å². The van der Waals surface area contributed by atoms with E-state index in [1.54, 1.807) is 18.4 Å². The van der Waals surface area contributed by atoms with Crippen LogP contribution in [-0.4, -0.2) is 57.9 Å². The van der Waals surface area contributed by atoms with Crippen LogP contribution in [0.25, 0.3) is 0 Å². The molecule has 3 rings (SSSR count). The average molecular weight is 530 g/mol. The van der Waals surface area contributed by atoms with Gasteiger partial charge in [-0.25, -0.2) is 0 Å². The number of nitrogens with one attached hydrogen (secondary N) is 2. The lowest BCUT2D eigenvalue weighted by Gasteiger charge is -2.34. The minimum atomic E-state index is 0. The summed E-state index contributed by atoms with van der Waals surface area (Å²) >= 11 is 1.81. The van der Waals surface area contributed by atoms with Gasteiger partial charge in [0.05, 0.1) is 25.9 Å². The minimum Gasteiger partial charge on any atom is -0.380 e. The van der Waals surface area contributed by atoms with Gasteiger partial charge in [0, 0.05) is 45.2 Å². The Labute approximate surface area is 194 Å². The second kappa shape index (κ2) is 13.2. The highest BCUT2D eigenvalue weighted by atomic mass is 127. The molecule has 1 unspecified atom stereocenters. The summed E-state index contributed by atoms with van der Waals surface area (Å²) in [6.07, 6.45) is 0. The fraction of sp³-hybridized carbons (Fsp3) is 0.476. The number of thiophene rings is 1. The Kier molecular flexibility index (Phi) is 10.9. The van der Waals surface area contributed by atoms with Crippen molar-refractivity contribution < 1.29 is 9.47 Å². The second-order valence-corrected chi connectivity index (χ2v) is 7.72. The van der Waals surface area contributed by atoms with Crippen LogP contribution in [-0.2, 0) is 22.6 Å². The van der Waals surface area contributed by atoms with Crippen molar-refractivity contribution in [3.8, 4) is 0 Å². The van der Waals surface area contributed by atoms with Crippen LogP contribution in [0.15, 0.2) is 46.8 Å². The summed E-state index contributed by atoms with van der Waals surface area (Å²) in [5.74, 6) is 0.816. The fourth-order valence-electron chi connectivity index (χ4n) is 3.30. The zero-order valence-corrected chi connectivity index (χ0v) is 20.2. The van der Waals surface area contributed by atoms with Crippen molar-refractivity contribution in [2.24, 2.45) is 4.99 Å². The van der Waals surface area contributed by atoms with Crippen molar-refractivity contribution in [2.45, 2.75) is 19.2 Å². The quantitative estimate of drug-likeness (QED) is 0.312. The number of rotatable bonds is 8. The zero-order chi connectivity index (χ0) is 19.6. The molecule has 1 aliphatic heterocycles. The fourth-order valence-corrected chi connectivity index (χ4v) is 4.16. The SMILES string of the molecule is CN=C(NCc1ccc(COC)cc1)NCC(c1cccs1)N1CCOCC1.I. The predicted molar refractivity (Wildman–Crippen MR) is 130 cm³/mol. The third-order valence-corrected chi connectivity index (χ3v) is 5.81. The molecule has 1 aliphatic rings. The molecular weight excluding hydrogens is 499 g/mol. The van der Waals surface area contributed by atoms with Crippen LogP contribution >= 0.6 is 35.3 Å². The summed E-state index contributed by atoms with van der Waals surface area (Å²) in [5.41, 5.74) is 2.39. The maximum atomic E-state index is 5.52. The Morgan fingerprint density at radius 1 is 1.17 bits per heavy atom. The Bertz CT molecular complexity index is 719.